The second-order valence-corrected chi connectivity index (χ2v) is 2.59. The summed E-state index contributed by atoms with van der Waals surface area (Å²) in [6.07, 6.45) is -0.753. The van der Waals surface area contributed by atoms with Crippen LogP contribution in [0.15, 0.2) is 4.42 Å². The Hall–Kier alpha value is -1.79. The highest BCUT2D eigenvalue weighted by Gasteiger charge is 2.10. The Morgan fingerprint density at radius 3 is 2.92 bits per heavy atom. The highest BCUT2D eigenvalue weighted by Crippen LogP contribution is 2.03. The molecule has 72 valence electrons. The highest BCUT2D eigenvalue weighted by molar-refractivity contribution is 5.64. The van der Waals surface area contributed by atoms with E-state index in [1.807, 2.05) is 0 Å². The minimum atomic E-state index is -1.08. The van der Waals surface area contributed by atoms with Crippen molar-refractivity contribution >= 4 is 12.1 Å². The van der Waals surface area contributed by atoms with Crippen molar-refractivity contribution < 1.29 is 14.3 Å². The molecule has 0 aliphatic carbocycles. The van der Waals surface area contributed by atoms with E-state index in [0.29, 0.717) is 12.3 Å². The zero-order valence-corrected chi connectivity index (χ0v) is 7.02. The Morgan fingerprint density at radius 2 is 2.46 bits per heavy atom. The zero-order valence-electron chi connectivity index (χ0n) is 7.02. The molecule has 0 saturated heterocycles. The summed E-state index contributed by atoms with van der Waals surface area (Å²) in [7, 11) is 0. The molecule has 13 heavy (non-hydrogen) atoms. The third kappa shape index (κ3) is 2.97. The SMILES string of the molecule is C[C@@H](Cc1nnc(N)o1)NC(=O)O. The molecule has 0 bridgehead atoms. The molecular weight excluding hydrogens is 176 g/mol. The summed E-state index contributed by atoms with van der Waals surface area (Å²) in [6, 6.07) is -0.296. The molecule has 4 N–H and O–H groups in total. The van der Waals surface area contributed by atoms with Crippen molar-refractivity contribution in [2.45, 2.75) is 19.4 Å². The Balaban J connectivity index is 2.44. The number of nitrogen functional groups attached to an aromatic ring is 1. The van der Waals surface area contributed by atoms with Crippen molar-refractivity contribution in [2.24, 2.45) is 0 Å². The Kier molecular flexibility index (Phi) is 2.68. The van der Waals surface area contributed by atoms with E-state index in [4.69, 9.17) is 15.3 Å². The number of aromatic nitrogens is 2. The van der Waals surface area contributed by atoms with Gasteiger partial charge in [0.25, 0.3) is 0 Å². The van der Waals surface area contributed by atoms with E-state index in [1.165, 1.54) is 0 Å². The van der Waals surface area contributed by atoms with Crippen LogP contribution in [0.3, 0.4) is 0 Å². The molecular formula is C6H10N4O3. The second-order valence-electron chi connectivity index (χ2n) is 2.59. The van der Waals surface area contributed by atoms with E-state index >= 15 is 0 Å². The highest BCUT2D eigenvalue weighted by atomic mass is 16.4. The number of rotatable bonds is 3. The lowest BCUT2D eigenvalue weighted by Gasteiger charge is -2.06. The van der Waals surface area contributed by atoms with Gasteiger partial charge in [-0.25, -0.2) is 4.79 Å². The first-order chi connectivity index (χ1) is 6.08. The lowest BCUT2D eigenvalue weighted by atomic mass is 10.2. The molecule has 1 rings (SSSR count). The quantitative estimate of drug-likeness (QED) is 0.604. The maximum atomic E-state index is 10.2. The maximum absolute atomic E-state index is 10.2. The van der Waals surface area contributed by atoms with Crippen LogP contribution in [-0.4, -0.2) is 27.4 Å². The van der Waals surface area contributed by atoms with E-state index < -0.39 is 6.09 Å². The monoisotopic (exact) mass is 186 g/mol. The van der Waals surface area contributed by atoms with Crippen LogP contribution in [0.4, 0.5) is 10.8 Å². The molecule has 1 amide bonds. The largest absolute Gasteiger partial charge is 0.465 e. The molecule has 0 radical (unpaired) electrons. The summed E-state index contributed by atoms with van der Waals surface area (Å²) >= 11 is 0. The number of amides is 1. The fraction of sp³-hybridized carbons (Fsp3) is 0.500. The number of hydrogen-bond acceptors (Lipinski definition) is 5. The first-order valence-corrected chi connectivity index (χ1v) is 3.65. The van der Waals surface area contributed by atoms with Gasteiger partial charge in [-0.05, 0) is 6.92 Å². The Morgan fingerprint density at radius 1 is 1.77 bits per heavy atom. The number of hydrogen-bond donors (Lipinski definition) is 3. The van der Waals surface area contributed by atoms with Crippen LogP contribution in [-0.2, 0) is 6.42 Å². The van der Waals surface area contributed by atoms with Gasteiger partial charge in [-0.15, -0.1) is 5.10 Å². The molecule has 7 heteroatoms. The van der Waals surface area contributed by atoms with Crippen LogP contribution in [0.1, 0.15) is 12.8 Å². The zero-order chi connectivity index (χ0) is 9.84. The van der Waals surface area contributed by atoms with Crippen LogP contribution in [0, 0.1) is 0 Å². The predicted molar refractivity (Wildman–Crippen MR) is 43.0 cm³/mol. The summed E-state index contributed by atoms with van der Waals surface area (Å²) in [4.78, 5) is 10.2. The van der Waals surface area contributed by atoms with Gasteiger partial charge in [0.1, 0.15) is 0 Å². The number of nitrogens with two attached hydrogens (primary N) is 1. The first-order valence-electron chi connectivity index (χ1n) is 3.65. The van der Waals surface area contributed by atoms with E-state index in [-0.39, 0.29) is 12.1 Å². The summed E-state index contributed by atoms with van der Waals surface area (Å²) in [6.45, 7) is 1.69. The molecule has 7 nitrogen and oxygen atoms in total. The van der Waals surface area contributed by atoms with Gasteiger partial charge < -0.3 is 20.6 Å². The molecule has 1 aromatic rings. The van der Waals surface area contributed by atoms with Gasteiger partial charge in [-0.3, -0.25) is 0 Å². The lowest BCUT2D eigenvalue weighted by Crippen LogP contribution is -2.32. The number of anilines is 1. The summed E-state index contributed by atoms with van der Waals surface area (Å²) in [5, 5.41) is 17.6. The summed E-state index contributed by atoms with van der Waals surface area (Å²) in [5.74, 6) is 0.318. The third-order valence-corrected chi connectivity index (χ3v) is 1.33. The Labute approximate surface area is 73.9 Å². The van der Waals surface area contributed by atoms with Crippen molar-refractivity contribution in [3.8, 4) is 0 Å². The average molecular weight is 186 g/mol. The van der Waals surface area contributed by atoms with Crippen molar-refractivity contribution in [3.63, 3.8) is 0 Å². The smallest absolute Gasteiger partial charge is 0.404 e. The average Bonchev–Trinajstić information content (AvgIpc) is 2.33. The van der Waals surface area contributed by atoms with Crippen LogP contribution in [0.2, 0.25) is 0 Å². The van der Waals surface area contributed by atoms with Crippen LogP contribution >= 0.6 is 0 Å². The number of nitrogens with one attached hydrogen (secondary N) is 1. The number of nitrogens with zero attached hydrogens (tertiary/aromatic N) is 2. The topological polar surface area (TPSA) is 114 Å². The van der Waals surface area contributed by atoms with E-state index in [0.717, 1.165) is 0 Å². The number of carbonyl (C=O) groups is 1. The van der Waals surface area contributed by atoms with E-state index in [1.54, 1.807) is 6.92 Å². The minimum Gasteiger partial charge on any atom is -0.465 e. The van der Waals surface area contributed by atoms with Gasteiger partial charge in [-0.2, -0.15) is 0 Å². The van der Waals surface area contributed by atoms with Gasteiger partial charge in [0.2, 0.25) is 5.89 Å². The second kappa shape index (κ2) is 3.74. The molecule has 0 saturated carbocycles. The van der Waals surface area contributed by atoms with E-state index in [9.17, 15) is 4.79 Å². The fourth-order valence-corrected chi connectivity index (χ4v) is 0.873. The van der Waals surface area contributed by atoms with Crippen LogP contribution in [0.5, 0.6) is 0 Å². The van der Waals surface area contributed by atoms with E-state index in [2.05, 4.69) is 15.5 Å². The van der Waals surface area contributed by atoms with Crippen molar-refractivity contribution in [3.05, 3.63) is 5.89 Å². The molecule has 0 spiro atoms. The van der Waals surface area contributed by atoms with Gasteiger partial charge in [-0.1, -0.05) is 5.10 Å². The van der Waals surface area contributed by atoms with Gasteiger partial charge >= 0.3 is 12.1 Å². The maximum Gasteiger partial charge on any atom is 0.404 e. The molecule has 1 atom stereocenters. The Bertz CT molecular complexity index is 298. The number of carboxylic acid groups (broad SMARTS) is 1. The minimum absolute atomic E-state index is 0.0162. The molecule has 0 aliphatic rings. The third-order valence-electron chi connectivity index (χ3n) is 1.33. The normalized spacial score (nSPS) is 12.4. The summed E-state index contributed by atoms with van der Waals surface area (Å²) in [5.41, 5.74) is 5.18. The summed E-state index contributed by atoms with van der Waals surface area (Å²) < 4.78 is 4.86. The molecule has 1 heterocycles. The van der Waals surface area contributed by atoms with Gasteiger partial charge in [0.15, 0.2) is 0 Å². The molecule has 0 fully saturated rings. The lowest BCUT2D eigenvalue weighted by molar-refractivity contribution is 0.190. The molecule has 0 aromatic carbocycles. The van der Waals surface area contributed by atoms with Crippen LogP contribution in [0.25, 0.3) is 0 Å². The molecule has 0 unspecified atom stereocenters. The first kappa shape index (κ1) is 9.30. The van der Waals surface area contributed by atoms with Crippen molar-refractivity contribution in [1.82, 2.24) is 15.5 Å². The molecule has 1 aromatic heterocycles. The molecule has 0 aliphatic heterocycles. The van der Waals surface area contributed by atoms with Crippen LogP contribution < -0.4 is 11.1 Å². The fourth-order valence-electron chi connectivity index (χ4n) is 0.873. The van der Waals surface area contributed by atoms with Gasteiger partial charge in [0, 0.05) is 12.5 Å². The standard InChI is InChI=1S/C6H10N4O3/c1-3(8-6(11)12)2-4-9-10-5(7)13-4/h3,8H,2H2,1H3,(H2,7,10)(H,11,12)/t3-/m0/s1. The van der Waals surface area contributed by atoms with Gasteiger partial charge in [0.05, 0.1) is 0 Å². The van der Waals surface area contributed by atoms with Crippen molar-refractivity contribution in [2.75, 3.05) is 5.73 Å². The predicted octanol–water partition coefficient (Wildman–Crippen LogP) is -0.150. The van der Waals surface area contributed by atoms with Crippen molar-refractivity contribution in [1.29, 1.82) is 0 Å².